The molecule has 3 rings (SSSR count). The molecule has 0 saturated heterocycles. The summed E-state index contributed by atoms with van der Waals surface area (Å²) in [4.78, 5) is 11.1. The minimum absolute atomic E-state index is 0.809. The number of aryl methyl sites for hydroxylation is 2. The molecule has 0 aliphatic heterocycles. The zero-order valence-electron chi connectivity index (χ0n) is 10.2. The largest absolute Gasteiger partial charge is 0.365 e. The van der Waals surface area contributed by atoms with Gasteiger partial charge in [-0.1, -0.05) is 0 Å². The molecule has 0 aromatic carbocycles. The summed E-state index contributed by atoms with van der Waals surface area (Å²) in [5.74, 6) is 0.938. The Morgan fingerprint density at radius 2 is 2.17 bits per heavy atom. The number of thiophene rings is 2. The van der Waals surface area contributed by atoms with Crippen molar-refractivity contribution in [3.8, 4) is 0 Å². The highest BCUT2D eigenvalue weighted by molar-refractivity contribution is 7.18. The first-order valence-corrected chi connectivity index (χ1v) is 7.47. The highest BCUT2D eigenvalue weighted by Gasteiger charge is 2.11. The number of anilines is 1. The molecule has 18 heavy (non-hydrogen) atoms. The zero-order valence-corrected chi connectivity index (χ0v) is 11.9. The minimum atomic E-state index is 0.809. The van der Waals surface area contributed by atoms with E-state index in [-0.39, 0.29) is 0 Å². The Hall–Kier alpha value is -1.46. The van der Waals surface area contributed by atoms with E-state index in [4.69, 9.17) is 0 Å². The Morgan fingerprint density at radius 3 is 2.94 bits per heavy atom. The van der Waals surface area contributed by atoms with Crippen molar-refractivity contribution in [2.24, 2.45) is 0 Å². The van der Waals surface area contributed by atoms with Crippen LogP contribution >= 0.6 is 22.7 Å². The molecular weight excluding hydrogens is 262 g/mol. The summed E-state index contributed by atoms with van der Waals surface area (Å²) in [6, 6.07) is 2.13. The number of fused-ring (bicyclic) bond motifs is 1. The molecule has 0 unspecified atom stereocenters. The first-order chi connectivity index (χ1) is 8.75. The molecular formula is C13H13N3S2. The van der Waals surface area contributed by atoms with E-state index in [1.807, 2.05) is 0 Å². The van der Waals surface area contributed by atoms with E-state index < -0.39 is 0 Å². The third-order valence-electron chi connectivity index (χ3n) is 3.01. The smallest absolute Gasteiger partial charge is 0.138 e. The predicted molar refractivity (Wildman–Crippen MR) is 78.5 cm³/mol. The molecule has 1 N–H and O–H groups in total. The molecule has 0 bridgehead atoms. The van der Waals surface area contributed by atoms with Crippen LogP contribution in [0.15, 0.2) is 23.2 Å². The van der Waals surface area contributed by atoms with E-state index >= 15 is 0 Å². The van der Waals surface area contributed by atoms with Crippen LogP contribution in [-0.2, 0) is 6.54 Å². The van der Waals surface area contributed by atoms with Gasteiger partial charge in [0.25, 0.3) is 0 Å². The summed E-state index contributed by atoms with van der Waals surface area (Å²) in [7, 11) is 0. The standard InChI is InChI=1S/C13H13N3S2/c1-8-9(2)18-13-11(8)12(15-7-16-13)14-5-10-3-4-17-6-10/h3-4,6-7H,5H2,1-2H3,(H,14,15,16). The molecule has 3 nitrogen and oxygen atoms in total. The summed E-state index contributed by atoms with van der Waals surface area (Å²) >= 11 is 3.44. The Morgan fingerprint density at radius 1 is 1.28 bits per heavy atom. The normalized spacial score (nSPS) is 11.0. The van der Waals surface area contributed by atoms with Crippen molar-refractivity contribution in [3.05, 3.63) is 39.2 Å². The van der Waals surface area contributed by atoms with Gasteiger partial charge in [0.15, 0.2) is 0 Å². The maximum absolute atomic E-state index is 4.37. The SMILES string of the molecule is Cc1sc2ncnc(NCc3ccsc3)c2c1C. The summed E-state index contributed by atoms with van der Waals surface area (Å²) in [6.07, 6.45) is 1.63. The van der Waals surface area contributed by atoms with Gasteiger partial charge >= 0.3 is 0 Å². The molecule has 0 atom stereocenters. The summed E-state index contributed by atoms with van der Waals surface area (Å²) < 4.78 is 0. The number of nitrogens with zero attached hydrogens (tertiary/aromatic N) is 2. The van der Waals surface area contributed by atoms with Gasteiger partial charge < -0.3 is 5.32 Å². The van der Waals surface area contributed by atoms with Crippen LogP contribution in [0.1, 0.15) is 16.0 Å². The van der Waals surface area contributed by atoms with E-state index in [0.717, 1.165) is 22.6 Å². The molecule has 92 valence electrons. The average Bonchev–Trinajstić information content (AvgIpc) is 2.97. The lowest BCUT2D eigenvalue weighted by molar-refractivity contribution is 1.11. The van der Waals surface area contributed by atoms with Gasteiger partial charge in [-0.2, -0.15) is 11.3 Å². The molecule has 0 amide bonds. The van der Waals surface area contributed by atoms with Crippen molar-refractivity contribution in [2.45, 2.75) is 20.4 Å². The zero-order chi connectivity index (χ0) is 12.5. The van der Waals surface area contributed by atoms with Gasteiger partial charge in [0.2, 0.25) is 0 Å². The third kappa shape index (κ3) is 2.00. The summed E-state index contributed by atoms with van der Waals surface area (Å²) in [5.41, 5.74) is 2.57. The lowest BCUT2D eigenvalue weighted by Crippen LogP contribution is -2.01. The molecule has 0 aliphatic rings. The highest BCUT2D eigenvalue weighted by Crippen LogP contribution is 2.32. The second-order valence-electron chi connectivity index (χ2n) is 4.17. The Kier molecular flexibility index (Phi) is 3.01. The van der Waals surface area contributed by atoms with Crippen LogP contribution in [0.3, 0.4) is 0 Å². The van der Waals surface area contributed by atoms with Gasteiger partial charge in [0.05, 0.1) is 5.39 Å². The topological polar surface area (TPSA) is 37.8 Å². The van der Waals surface area contributed by atoms with Gasteiger partial charge in [-0.3, -0.25) is 0 Å². The second kappa shape index (κ2) is 4.66. The fraction of sp³-hybridized carbons (Fsp3) is 0.231. The van der Waals surface area contributed by atoms with Crippen molar-refractivity contribution in [1.82, 2.24) is 9.97 Å². The van der Waals surface area contributed by atoms with Crippen molar-refractivity contribution in [3.63, 3.8) is 0 Å². The first kappa shape index (κ1) is 11.6. The lowest BCUT2D eigenvalue weighted by atomic mass is 10.2. The van der Waals surface area contributed by atoms with Crippen LogP contribution in [0.5, 0.6) is 0 Å². The molecule has 3 heterocycles. The van der Waals surface area contributed by atoms with Crippen LogP contribution in [0, 0.1) is 13.8 Å². The number of nitrogens with one attached hydrogen (secondary N) is 1. The monoisotopic (exact) mass is 275 g/mol. The molecule has 3 aromatic rings. The molecule has 3 aromatic heterocycles. The third-order valence-corrected chi connectivity index (χ3v) is 4.85. The molecule has 5 heteroatoms. The number of aromatic nitrogens is 2. The van der Waals surface area contributed by atoms with Crippen molar-refractivity contribution >= 4 is 38.7 Å². The van der Waals surface area contributed by atoms with Crippen LogP contribution in [0.2, 0.25) is 0 Å². The summed E-state index contributed by atoms with van der Waals surface area (Å²) in [5, 5.41) is 8.81. The lowest BCUT2D eigenvalue weighted by Gasteiger charge is -2.05. The molecule has 0 spiro atoms. The molecule has 0 fully saturated rings. The Balaban J connectivity index is 1.96. The van der Waals surface area contributed by atoms with Crippen LogP contribution < -0.4 is 5.32 Å². The first-order valence-electron chi connectivity index (χ1n) is 5.71. The molecule has 0 saturated carbocycles. The van der Waals surface area contributed by atoms with Crippen molar-refractivity contribution in [2.75, 3.05) is 5.32 Å². The highest BCUT2D eigenvalue weighted by atomic mass is 32.1. The number of rotatable bonds is 3. The van der Waals surface area contributed by atoms with Crippen LogP contribution in [-0.4, -0.2) is 9.97 Å². The van der Waals surface area contributed by atoms with E-state index in [9.17, 15) is 0 Å². The van der Waals surface area contributed by atoms with Crippen molar-refractivity contribution in [1.29, 1.82) is 0 Å². The van der Waals surface area contributed by atoms with E-state index in [0.29, 0.717) is 0 Å². The molecule has 0 aliphatic carbocycles. The Labute approximate surface area is 114 Å². The number of hydrogen-bond acceptors (Lipinski definition) is 5. The van der Waals surface area contributed by atoms with Gasteiger partial charge in [0.1, 0.15) is 17.0 Å². The predicted octanol–water partition coefficient (Wildman–Crippen LogP) is 3.98. The van der Waals surface area contributed by atoms with Crippen LogP contribution in [0.4, 0.5) is 5.82 Å². The maximum atomic E-state index is 4.37. The van der Waals surface area contributed by atoms with Gasteiger partial charge in [-0.05, 0) is 41.8 Å². The summed E-state index contributed by atoms with van der Waals surface area (Å²) in [6.45, 7) is 5.07. The van der Waals surface area contributed by atoms with Gasteiger partial charge in [0, 0.05) is 11.4 Å². The van der Waals surface area contributed by atoms with Crippen LogP contribution in [0.25, 0.3) is 10.2 Å². The van der Waals surface area contributed by atoms with Gasteiger partial charge in [-0.15, -0.1) is 11.3 Å². The molecule has 0 radical (unpaired) electrons. The number of hydrogen-bond donors (Lipinski definition) is 1. The fourth-order valence-electron chi connectivity index (χ4n) is 1.90. The van der Waals surface area contributed by atoms with E-state index in [1.54, 1.807) is 29.0 Å². The van der Waals surface area contributed by atoms with E-state index in [1.165, 1.54) is 16.0 Å². The minimum Gasteiger partial charge on any atom is -0.365 e. The Bertz CT molecular complexity index is 671. The second-order valence-corrected chi connectivity index (χ2v) is 6.15. The van der Waals surface area contributed by atoms with E-state index in [2.05, 4.69) is 46.0 Å². The van der Waals surface area contributed by atoms with Gasteiger partial charge in [-0.25, -0.2) is 9.97 Å². The van der Waals surface area contributed by atoms with Crippen molar-refractivity contribution < 1.29 is 0 Å². The quantitative estimate of drug-likeness (QED) is 0.785. The average molecular weight is 275 g/mol. The maximum Gasteiger partial charge on any atom is 0.138 e. The fourth-order valence-corrected chi connectivity index (χ4v) is 3.56.